The fourth-order valence-electron chi connectivity index (χ4n) is 3.07. The highest BCUT2D eigenvalue weighted by Gasteiger charge is 2.23. The van der Waals surface area contributed by atoms with Crippen molar-refractivity contribution in [2.75, 3.05) is 41.3 Å². The number of rotatable bonds is 4. The normalized spacial score (nSPS) is 17.1. The van der Waals surface area contributed by atoms with Crippen LogP contribution in [0, 0.1) is 5.82 Å². The summed E-state index contributed by atoms with van der Waals surface area (Å²) in [6.45, 7) is 3.41. The smallest absolute Gasteiger partial charge is 0.319 e. The largest absolute Gasteiger partial charge is 0.368 e. The number of aromatic nitrogens is 1. The van der Waals surface area contributed by atoms with Crippen LogP contribution in [0.25, 0.3) is 0 Å². The Labute approximate surface area is 152 Å². The van der Waals surface area contributed by atoms with Crippen molar-refractivity contribution in [1.82, 2.24) is 10.3 Å². The second kappa shape index (κ2) is 7.19. The number of carbonyl (C=O) groups is 1. The lowest BCUT2D eigenvalue weighted by Gasteiger charge is -2.36. The van der Waals surface area contributed by atoms with Gasteiger partial charge in [-0.25, -0.2) is 14.2 Å². The molecule has 2 N–H and O–H groups in total. The van der Waals surface area contributed by atoms with E-state index in [-0.39, 0.29) is 11.8 Å². The summed E-state index contributed by atoms with van der Waals surface area (Å²) in [4.78, 5) is 20.7. The zero-order valence-electron chi connectivity index (χ0n) is 14.5. The number of piperazine rings is 1. The topological polar surface area (TPSA) is 60.5 Å². The predicted octanol–water partition coefficient (Wildman–Crippen LogP) is 2.83. The first-order valence-electron chi connectivity index (χ1n) is 8.96. The quantitative estimate of drug-likeness (QED) is 0.885. The predicted molar refractivity (Wildman–Crippen MR) is 100 cm³/mol. The molecular weight excluding hydrogens is 333 g/mol. The Hall–Kier alpha value is -2.83. The molecule has 6 nitrogen and oxygen atoms in total. The van der Waals surface area contributed by atoms with Gasteiger partial charge in [-0.3, -0.25) is 0 Å². The van der Waals surface area contributed by atoms with Crippen LogP contribution in [-0.4, -0.2) is 43.2 Å². The summed E-state index contributed by atoms with van der Waals surface area (Å²) in [6, 6.07) is 10.6. The Balaban J connectivity index is 1.31. The van der Waals surface area contributed by atoms with Crippen LogP contribution in [-0.2, 0) is 0 Å². The highest BCUT2D eigenvalue weighted by Crippen LogP contribution is 2.21. The Bertz CT molecular complexity index is 753. The number of hydrogen-bond donors (Lipinski definition) is 2. The molecule has 1 aromatic heterocycles. The summed E-state index contributed by atoms with van der Waals surface area (Å²) in [5.41, 5.74) is 1.73. The van der Waals surface area contributed by atoms with Crippen molar-refractivity contribution in [2.24, 2.45) is 0 Å². The highest BCUT2D eigenvalue weighted by molar-refractivity contribution is 5.89. The van der Waals surface area contributed by atoms with Gasteiger partial charge in [0, 0.05) is 37.9 Å². The molecule has 0 unspecified atom stereocenters. The Morgan fingerprint density at radius 1 is 1.00 bits per heavy atom. The van der Waals surface area contributed by atoms with Crippen LogP contribution in [0.1, 0.15) is 12.8 Å². The van der Waals surface area contributed by atoms with E-state index in [2.05, 4.69) is 25.4 Å². The van der Waals surface area contributed by atoms with Gasteiger partial charge in [0.25, 0.3) is 0 Å². The van der Waals surface area contributed by atoms with E-state index in [4.69, 9.17) is 0 Å². The van der Waals surface area contributed by atoms with Crippen molar-refractivity contribution in [3.05, 3.63) is 48.4 Å². The van der Waals surface area contributed by atoms with Gasteiger partial charge in [-0.05, 0) is 49.2 Å². The zero-order chi connectivity index (χ0) is 17.9. The first kappa shape index (κ1) is 16.6. The van der Waals surface area contributed by atoms with Gasteiger partial charge in [-0.15, -0.1) is 0 Å². The minimum absolute atomic E-state index is 0.171. The van der Waals surface area contributed by atoms with Gasteiger partial charge in [-0.2, -0.15) is 0 Å². The molecule has 0 atom stereocenters. The monoisotopic (exact) mass is 355 g/mol. The molecule has 2 aliphatic rings. The molecule has 1 aliphatic heterocycles. The van der Waals surface area contributed by atoms with Crippen LogP contribution in [0.3, 0.4) is 0 Å². The number of halogens is 1. The van der Waals surface area contributed by atoms with Crippen molar-refractivity contribution in [1.29, 1.82) is 0 Å². The molecule has 0 radical (unpaired) electrons. The van der Waals surface area contributed by atoms with Crippen LogP contribution in [0.4, 0.5) is 26.4 Å². The summed E-state index contributed by atoms with van der Waals surface area (Å²) in [5.74, 6) is 0.688. The number of nitrogens with one attached hydrogen (secondary N) is 2. The minimum Gasteiger partial charge on any atom is -0.368 e. The molecule has 2 amide bonds. The van der Waals surface area contributed by atoms with Gasteiger partial charge >= 0.3 is 6.03 Å². The van der Waals surface area contributed by atoms with E-state index in [0.29, 0.717) is 11.7 Å². The number of hydrogen-bond acceptors (Lipinski definition) is 4. The molecule has 1 aromatic carbocycles. The minimum atomic E-state index is -0.212. The molecule has 2 aromatic rings. The van der Waals surface area contributed by atoms with Gasteiger partial charge in [-0.1, -0.05) is 0 Å². The standard InChI is InChI=1S/C19H22FN5O/c20-14-1-6-17(7-2-14)24-9-11-25(12-10-24)18-8-5-16(13-21-18)23-19(26)22-15-3-4-15/h1-2,5-8,13,15H,3-4,9-12H2,(H2,22,23,26). The molecule has 0 bridgehead atoms. The molecule has 1 aliphatic carbocycles. The Morgan fingerprint density at radius 2 is 1.69 bits per heavy atom. The average Bonchev–Trinajstić information content (AvgIpc) is 3.47. The number of benzene rings is 1. The van der Waals surface area contributed by atoms with Gasteiger partial charge in [0.1, 0.15) is 11.6 Å². The third kappa shape index (κ3) is 4.04. The number of pyridine rings is 1. The molecule has 4 rings (SSSR count). The van der Waals surface area contributed by atoms with Crippen molar-refractivity contribution < 1.29 is 9.18 Å². The van der Waals surface area contributed by atoms with Gasteiger partial charge in [0.2, 0.25) is 0 Å². The van der Waals surface area contributed by atoms with Gasteiger partial charge in [0.05, 0.1) is 11.9 Å². The maximum Gasteiger partial charge on any atom is 0.319 e. The zero-order valence-corrected chi connectivity index (χ0v) is 14.5. The lowest BCUT2D eigenvalue weighted by Crippen LogP contribution is -2.46. The molecule has 2 fully saturated rings. The number of carbonyl (C=O) groups excluding carboxylic acids is 1. The van der Waals surface area contributed by atoms with Crippen LogP contribution >= 0.6 is 0 Å². The first-order valence-corrected chi connectivity index (χ1v) is 8.96. The molecule has 2 heterocycles. The number of urea groups is 1. The second-order valence-corrected chi connectivity index (χ2v) is 6.73. The van der Waals surface area contributed by atoms with E-state index in [1.165, 1.54) is 12.1 Å². The van der Waals surface area contributed by atoms with Crippen LogP contribution in [0.5, 0.6) is 0 Å². The second-order valence-electron chi connectivity index (χ2n) is 6.73. The van der Waals surface area contributed by atoms with Gasteiger partial charge < -0.3 is 20.4 Å². The van der Waals surface area contributed by atoms with Crippen molar-refractivity contribution in [3.63, 3.8) is 0 Å². The molecule has 1 saturated heterocycles. The van der Waals surface area contributed by atoms with Gasteiger partial charge in [0.15, 0.2) is 0 Å². The molecule has 0 spiro atoms. The van der Waals surface area contributed by atoms with E-state index in [0.717, 1.165) is 50.5 Å². The summed E-state index contributed by atoms with van der Waals surface area (Å²) >= 11 is 0. The van der Waals surface area contributed by atoms with Crippen LogP contribution < -0.4 is 20.4 Å². The summed E-state index contributed by atoms with van der Waals surface area (Å²) in [7, 11) is 0. The van der Waals surface area contributed by atoms with Crippen molar-refractivity contribution >= 4 is 23.2 Å². The van der Waals surface area contributed by atoms with E-state index in [1.54, 1.807) is 6.20 Å². The Kier molecular flexibility index (Phi) is 4.60. The molecule has 26 heavy (non-hydrogen) atoms. The maximum atomic E-state index is 13.0. The Morgan fingerprint density at radius 3 is 2.31 bits per heavy atom. The number of anilines is 3. The van der Waals surface area contributed by atoms with Crippen LogP contribution in [0.2, 0.25) is 0 Å². The lowest BCUT2D eigenvalue weighted by atomic mass is 10.2. The highest BCUT2D eigenvalue weighted by atomic mass is 19.1. The first-order chi connectivity index (χ1) is 12.7. The van der Waals surface area contributed by atoms with Crippen molar-refractivity contribution in [3.8, 4) is 0 Å². The summed E-state index contributed by atoms with van der Waals surface area (Å²) in [6.07, 6.45) is 3.82. The number of amides is 2. The molecule has 7 heteroatoms. The van der Waals surface area contributed by atoms with E-state index >= 15 is 0 Å². The fraction of sp³-hybridized carbons (Fsp3) is 0.368. The van der Waals surface area contributed by atoms with Crippen LogP contribution in [0.15, 0.2) is 42.6 Å². The third-order valence-electron chi connectivity index (χ3n) is 4.71. The fourth-order valence-corrected chi connectivity index (χ4v) is 3.07. The number of nitrogens with zero attached hydrogens (tertiary/aromatic N) is 3. The summed E-state index contributed by atoms with van der Waals surface area (Å²) < 4.78 is 13.0. The van der Waals surface area contributed by atoms with E-state index < -0.39 is 0 Å². The molecule has 1 saturated carbocycles. The van der Waals surface area contributed by atoms with Crippen molar-refractivity contribution in [2.45, 2.75) is 18.9 Å². The SMILES string of the molecule is O=C(Nc1ccc(N2CCN(c3ccc(F)cc3)CC2)nc1)NC1CC1. The molecule has 136 valence electrons. The summed E-state index contributed by atoms with van der Waals surface area (Å²) in [5, 5.41) is 5.69. The molecular formula is C19H22FN5O. The van der Waals surface area contributed by atoms with E-state index in [1.807, 2.05) is 24.3 Å². The lowest BCUT2D eigenvalue weighted by molar-refractivity contribution is 0.251. The average molecular weight is 355 g/mol. The third-order valence-corrected chi connectivity index (χ3v) is 4.71. The maximum absolute atomic E-state index is 13.0. The van der Waals surface area contributed by atoms with E-state index in [9.17, 15) is 9.18 Å².